The molecular formula is C11H9F3N2O3. The fraction of sp³-hybridized carbons (Fsp3) is 0.273. The van der Waals surface area contributed by atoms with Crippen LogP contribution in [0.25, 0.3) is 11.0 Å². The van der Waals surface area contributed by atoms with E-state index in [1.807, 2.05) is 0 Å². The first-order chi connectivity index (χ1) is 8.84. The molecule has 2 rings (SSSR count). The smallest absolute Gasteiger partial charge is 0.449 e. The normalized spacial score (nSPS) is 13.7. The molecule has 1 aromatic carbocycles. The molecule has 0 saturated heterocycles. The summed E-state index contributed by atoms with van der Waals surface area (Å²) in [6, 6.07) is 4.19. The van der Waals surface area contributed by atoms with Crippen LogP contribution in [0.3, 0.4) is 0 Å². The van der Waals surface area contributed by atoms with E-state index >= 15 is 0 Å². The molecule has 5 nitrogen and oxygen atoms in total. The van der Waals surface area contributed by atoms with Crippen LogP contribution in [0, 0.1) is 0 Å². The van der Waals surface area contributed by atoms with Crippen molar-refractivity contribution in [3.63, 3.8) is 0 Å². The van der Waals surface area contributed by atoms with E-state index in [9.17, 15) is 18.0 Å². The number of carboxylic acids is 1. The maximum absolute atomic E-state index is 12.6. The number of H-pyrrole nitrogens is 1. The molecule has 0 bridgehead atoms. The summed E-state index contributed by atoms with van der Waals surface area (Å²) >= 11 is 0. The largest absolute Gasteiger partial charge is 0.479 e. The lowest BCUT2D eigenvalue weighted by molar-refractivity contribution is -0.148. The molecule has 1 unspecified atom stereocenters. The number of aromatic nitrogens is 2. The minimum absolute atomic E-state index is 0.0657. The van der Waals surface area contributed by atoms with Gasteiger partial charge in [-0.3, -0.25) is 0 Å². The minimum atomic E-state index is -4.62. The second-order valence-electron chi connectivity index (χ2n) is 3.78. The molecule has 0 amide bonds. The van der Waals surface area contributed by atoms with Gasteiger partial charge in [0.05, 0.1) is 11.0 Å². The lowest BCUT2D eigenvalue weighted by Crippen LogP contribution is -2.14. The van der Waals surface area contributed by atoms with Gasteiger partial charge in [-0.2, -0.15) is 13.2 Å². The Bertz CT molecular complexity index is 621. The van der Waals surface area contributed by atoms with Crippen LogP contribution >= 0.6 is 0 Å². The van der Waals surface area contributed by atoms with Gasteiger partial charge in [0.25, 0.3) is 0 Å². The van der Waals surface area contributed by atoms with Crippen LogP contribution in [-0.2, 0) is 15.7 Å². The summed E-state index contributed by atoms with van der Waals surface area (Å²) in [6.07, 6.45) is -5.99. The Morgan fingerprint density at radius 1 is 1.47 bits per heavy atom. The van der Waals surface area contributed by atoms with Gasteiger partial charge in [0.1, 0.15) is 0 Å². The predicted octanol–water partition coefficient (Wildman–Crippen LogP) is 2.35. The van der Waals surface area contributed by atoms with E-state index in [0.29, 0.717) is 0 Å². The molecule has 8 heteroatoms. The van der Waals surface area contributed by atoms with Crippen molar-refractivity contribution in [3.8, 4) is 0 Å². The molecule has 102 valence electrons. The molecular weight excluding hydrogens is 265 g/mol. The number of para-hydroxylation sites is 1. The van der Waals surface area contributed by atoms with Crippen molar-refractivity contribution >= 4 is 17.0 Å². The Hall–Kier alpha value is -2.09. The third-order valence-corrected chi connectivity index (χ3v) is 2.55. The molecule has 0 aliphatic rings. The molecule has 0 aliphatic heterocycles. The van der Waals surface area contributed by atoms with Crippen LogP contribution in [0.4, 0.5) is 13.2 Å². The number of hydrogen-bond acceptors (Lipinski definition) is 3. The zero-order valence-corrected chi connectivity index (χ0v) is 9.65. The summed E-state index contributed by atoms with van der Waals surface area (Å²) in [5.74, 6) is -2.47. The Kier molecular flexibility index (Phi) is 3.19. The number of halogens is 3. The van der Waals surface area contributed by atoms with Crippen LogP contribution in [0.15, 0.2) is 18.2 Å². The Balaban J connectivity index is 2.63. The Morgan fingerprint density at radius 3 is 2.68 bits per heavy atom. The number of benzene rings is 1. The summed E-state index contributed by atoms with van der Waals surface area (Å²) in [5.41, 5.74) is 0.108. The first-order valence-electron chi connectivity index (χ1n) is 5.16. The number of aliphatic carboxylic acids is 1. The monoisotopic (exact) mass is 274 g/mol. The van der Waals surface area contributed by atoms with Crippen molar-refractivity contribution in [3.05, 3.63) is 29.6 Å². The van der Waals surface area contributed by atoms with Gasteiger partial charge in [-0.1, -0.05) is 12.1 Å². The second-order valence-corrected chi connectivity index (χ2v) is 3.78. The van der Waals surface area contributed by atoms with E-state index in [2.05, 4.69) is 9.97 Å². The fourth-order valence-corrected chi connectivity index (χ4v) is 1.76. The quantitative estimate of drug-likeness (QED) is 0.900. The molecule has 0 fully saturated rings. The zero-order chi connectivity index (χ0) is 14.2. The molecule has 0 aliphatic carbocycles. The summed E-state index contributed by atoms with van der Waals surface area (Å²) < 4.78 is 42.4. The van der Waals surface area contributed by atoms with Crippen molar-refractivity contribution in [2.75, 3.05) is 7.11 Å². The van der Waals surface area contributed by atoms with Gasteiger partial charge in [-0.15, -0.1) is 0 Å². The molecule has 0 spiro atoms. The highest BCUT2D eigenvalue weighted by Crippen LogP contribution is 2.31. The zero-order valence-electron chi connectivity index (χ0n) is 9.65. The molecule has 2 aromatic rings. The summed E-state index contributed by atoms with van der Waals surface area (Å²) in [7, 11) is 1.16. The van der Waals surface area contributed by atoms with E-state index in [4.69, 9.17) is 9.84 Å². The first-order valence-corrected chi connectivity index (χ1v) is 5.16. The highest BCUT2D eigenvalue weighted by Gasteiger charge is 2.35. The van der Waals surface area contributed by atoms with E-state index in [1.165, 1.54) is 18.2 Å². The number of rotatable bonds is 3. The van der Waals surface area contributed by atoms with Gasteiger partial charge in [0, 0.05) is 12.7 Å². The number of aromatic amines is 1. The Labute approximate surface area is 105 Å². The number of carboxylic acid groups (broad SMARTS) is 1. The molecule has 1 heterocycles. The summed E-state index contributed by atoms with van der Waals surface area (Å²) in [4.78, 5) is 16.5. The molecule has 0 saturated carbocycles. The second kappa shape index (κ2) is 4.54. The maximum atomic E-state index is 12.6. The lowest BCUT2D eigenvalue weighted by Gasteiger charge is -2.10. The number of fused-ring (bicyclic) bond motifs is 1. The van der Waals surface area contributed by atoms with Crippen molar-refractivity contribution in [1.82, 2.24) is 9.97 Å². The van der Waals surface area contributed by atoms with Crippen LogP contribution < -0.4 is 0 Å². The number of alkyl halides is 3. The number of carbonyl (C=O) groups is 1. The highest BCUT2D eigenvalue weighted by molar-refractivity contribution is 5.85. The maximum Gasteiger partial charge on any atom is 0.449 e. The number of hydrogen-bond donors (Lipinski definition) is 2. The number of nitrogens with one attached hydrogen (secondary N) is 1. The van der Waals surface area contributed by atoms with Gasteiger partial charge in [0.2, 0.25) is 5.82 Å². The average molecular weight is 274 g/mol. The van der Waals surface area contributed by atoms with Gasteiger partial charge < -0.3 is 14.8 Å². The third kappa shape index (κ3) is 2.39. The van der Waals surface area contributed by atoms with Gasteiger partial charge in [-0.25, -0.2) is 9.78 Å². The van der Waals surface area contributed by atoms with Crippen LogP contribution in [0.1, 0.15) is 17.5 Å². The molecule has 2 N–H and O–H groups in total. The third-order valence-electron chi connectivity index (χ3n) is 2.55. The highest BCUT2D eigenvalue weighted by atomic mass is 19.4. The van der Waals surface area contributed by atoms with Crippen molar-refractivity contribution in [2.45, 2.75) is 12.3 Å². The van der Waals surface area contributed by atoms with E-state index in [0.717, 1.165) is 7.11 Å². The standard InChI is InChI=1S/C11H9F3N2O3/c1-19-8(9(17)18)5-3-2-4-6-7(5)16-10(15-6)11(12,13)14/h2-4,8H,1H3,(H,15,16)(H,17,18). The minimum Gasteiger partial charge on any atom is -0.479 e. The number of nitrogens with zero attached hydrogens (tertiary/aromatic N) is 1. The number of ether oxygens (including phenoxy) is 1. The van der Waals surface area contributed by atoms with Crippen LogP contribution in [-0.4, -0.2) is 28.2 Å². The van der Waals surface area contributed by atoms with Crippen LogP contribution in [0.2, 0.25) is 0 Å². The SMILES string of the molecule is COC(C(=O)O)c1cccc2[nH]c(C(F)(F)F)nc12. The lowest BCUT2D eigenvalue weighted by atomic mass is 10.1. The molecule has 0 radical (unpaired) electrons. The van der Waals surface area contributed by atoms with Gasteiger partial charge in [-0.05, 0) is 6.07 Å². The van der Waals surface area contributed by atoms with E-state index in [1.54, 1.807) is 0 Å². The predicted molar refractivity (Wildman–Crippen MR) is 58.5 cm³/mol. The number of imidazole rings is 1. The Morgan fingerprint density at radius 2 is 2.16 bits per heavy atom. The van der Waals surface area contributed by atoms with Crippen LogP contribution in [0.5, 0.6) is 0 Å². The summed E-state index contributed by atoms with van der Waals surface area (Å²) in [6.45, 7) is 0. The van der Waals surface area contributed by atoms with Gasteiger partial charge in [0.15, 0.2) is 6.10 Å². The fourth-order valence-electron chi connectivity index (χ4n) is 1.76. The van der Waals surface area contributed by atoms with Crippen molar-refractivity contribution in [2.24, 2.45) is 0 Å². The average Bonchev–Trinajstić information content (AvgIpc) is 2.73. The molecule has 19 heavy (non-hydrogen) atoms. The van der Waals surface area contributed by atoms with Crippen molar-refractivity contribution < 1.29 is 27.8 Å². The van der Waals surface area contributed by atoms with Crippen molar-refractivity contribution in [1.29, 1.82) is 0 Å². The number of methoxy groups -OCH3 is 1. The summed E-state index contributed by atoms with van der Waals surface area (Å²) in [5, 5.41) is 8.97. The first kappa shape index (κ1) is 13.3. The molecule has 1 atom stereocenters. The van der Waals surface area contributed by atoms with Gasteiger partial charge >= 0.3 is 12.1 Å². The van der Waals surface area contributed by atoms with E-state index < -0.39 is 24.1 Å². The molecule has 1 aromatic heterocycles. The topological polar surface area (TPSA) is 75.2 Å². The van der Waals surface area contributed by atoms with E-state index in [-0.39, 0.29) is 16.6 Å².